The maximum atomic E-state index is 11.2. The maximum Gasteiger partial charge on any atom is 0.240 e. The van der Waals surface area contributed by atoms with E-state index in [1.165, 1.54) is 0 Å². The largest absolute Gasteiger partial charge is 0.343 e. The monoisotopic (exact) mass is 238 g/mol. The second-order valence-corrected chi connectivity index (χ2v) is 4.40. The molecule has 1 fully saturated rings. The van der Waals surface area contributed by atoms with Crippen LogP contribution in [0.15, 0.2) is 4.52 Å². The Morgan fingerprint density at radius 2 is 2.24 bits per heavy atom. The first-order valence-corrected chi connectivity index (χ1v) is 5.93. The van der Waals surface area contributed by atoms with Gasteiger partial charge in [0.25, 0.3) is 0 Å². The number of nitrogens with one attached hydrogen (secondary N) is 1. The summed E-state index contributed by atoms with van der Waals surface area (Å²) in [5, 5.41) is 7.11. The normalized spacial score (nSPS) is 17.4. The van der Waals surface area contributed by atoms with E-state index < -0.39 is 0 Å². The Bertz CT molecular complexity index is 383. The molecule has 0 unspecified atom stereocenters. The van der Waals surface area contributed by atoms with E-state index in [4.69, 9.17) is 4.52 Å². The lowest BCUT2D eigenvalue weighted by Crippen LogP contribution is -2.43. The number of aryl methyl sites for hydroxylation is 1. The molecule has 1 N–H and O–H groups in total. The highest BCUT2D eigenvalue weighted by Crippen LogP contribution is 2.10. The van der Waals surface area contributed by atoms with Crippen LogP contribution in [-0.4, -0.2) is 40.1 Å². The minimum atomic E-state index is 0.163. The number of likely N-dealkylation sites (tertiary alicyclic amines) is 1. The van der Waals surface area contributed by atoms with Crippen molar-refractivity contribution in [2.45, 2.75) is 39.3 Å². The van der Waals surface area contributed by atoms with Crippen molar-refractivity contribution in [3.8, 4) is 0 Å². The van der Waals surface area contributed by atoms with Crippen molar-refractivity contribution in [2.75, 3.05) is 13.1 Å². The minimum absolute atomic E-state index is 0.163. The Kier molecular flexibility index (Phi) is 3.73. The van der Waals surface area contributed by atoms with Gasteiger partial charge in [0.05, 0.1) is 6.54 Å². The maximum absolute atomic E-state index is 11.2. The molecule has 6 heteroatoms. The number of piperidine rings is 1. The molecule has 1 aromatic heterocycles. The van der Waals surface area contributed by atoms with Gasteiger partial charge in [0, 0.05) is 26.1 Å². The summed E-state index contributed by atoms with van der Waals surface area (Å²) in [4.78, 5) is 17.2. The highest BCUT2D eigenvalue weighted by atomic mass is 16.5. The van der Waals surface area contributed by atoms with Gasteiger partial charge < -0.3 is 14.7 Å². The molecule has 94 valence electrons. The van der Waals surface area contributed by atoms with Crippen LogP contribution >= 0.6 is 0 Å². The number of carbonyl (C=O) groups excluding carboxylic acids is 1. The van der Waals surface area contributed by atoms with Crippen LogP contribution in [0.3, 0.4) is 0 Å². The molecule has 1 aromatic rings. The van der Waals surface area contributed by atoms with E-state index in [1.807, 2.05) is 4.90 Å². The summed E-state index contributed by atoms with van der Waals surface area (Å²) in [6.07, 6.45) is 1.96. The molecule has 0 aliphatic carbocycles. The van der Waals surface area contributed by atoms with Crippen molar-refractivity contribution < 1.29 is 9.32 Å². The topological polar surface area (TPSA) is 71.3 Å². The highest BCUT2D eigenvalue weighted by Gasteiger charge is 2.20. The molecular weight excluding hydrogens is 220 g/mol. The second-order valence-electron chi connectivity index (χ2n) is 4.40. The molecule has 1 aliphatic rings. The Labute approximate surface area is 100 Å². The van der Waals surface area contributed by atoms with Gasteiger partial charge in [-0.25, -0.2) is 0 Å². The Morgan fingerprint density at radius 1 is 1.53 bits per heavy atom. The summed E-state index contributed by atoms with van der Waals surface area (Å²) in [6.45, 7) is 5.69. The van der Waals surface area contributed by atoms with Gasteiger partial charge in [-0.3, -0.25) is 4.79 Å². The number of rotatable bonds is 3. The van der Waals surface area contributed by atoms with E-state index in [2.05, 4.69) is 15.5 Å². The van der Waals surface area contributed by atoms with Crippen LogP contribution in [-0.2, 0) is 11.3 Å². The fourth-order valence-corrected chi connectivity index (χ4v) is 2.04. The quantitative estimate of drug-likeness (QED) is 0.829. The number of hydrogen-bond acceptors (Lipinski definition) is 5. The fraction of sp³-hybridized carbons (Fsp3) is 0.727. The van der Waals surface area contributed by atoms with Crippen LogP contribution in [0, 0.1) is 6.92 Å². The lowest BCUT2D eigenvalue weighted by Gasteiger charge is -2.31. The number of nitrogens with zero attached hydrogens (tertiary/aromatic N) is 3. The van der Waals surface area contributed by atoms with Gasteiger partial charge in [0.15, 0.2) is 5.82 Å². The molecule has 2 rings (SSSR count). The zero-order chi connectivity index (χ0) is 12.3. The molecule has 6 nitrogen and oxygen atoms in total. The van der Waals surface area contributed by atoms with E-state index in [1.54, 1.807) is 13.8 Å². The Hall–Kier alpha value is -1.43. The molecule has 1 amide bonds. The van der Waals surface area contributed by atoms with Crippen molar-refractivity contribution >= 4 is 5.91 Å². The Morgan fingerprint density at radius 3 is 2.76 bits per heavy atom. The van der Waals surface area contributed by atoms with Gasteiger partial charge in [-0.1, -0.05) is 5.16 Å². The molecule has 0 aromatic carbocycles. The second kappa shape index (κ2) is 5.27. The number of amides is 1. The predicted octanol–water partition coefficient (Wildman–Crippen LogP) is 0.479. The third kappa shape index (κ3) is 3.26. The molecule has 0 saturated carbocycles. The summed E-state index contributed by atoms with van der Waals surface area (Å²) >= 11 is 0. The minimum Gasteiger partial charge on any atom is -0.343 e. The molecule has 17 heavy (non-hydrogen) atoms. The molecule has 0 spiro atoms. The third-order valence-electron chi connectivity index (χ3n) is 3.05. The van der Waals surface area contributed by atoms with Crippen LogP contribution < -0.4 is 5.32 Å². The molecule has 1 saturated heterocycles. The first-order valence-electron chi connectivity index (χ1n) is 5.93. The predicted molar refractivity (Wildman–Crippen MR) is 61.2 cm³/mol. The highest BCUT2D eigenvalue weighted by molar-refractivity contribution is 5.73. The third-order valence-corrected chi connectivity index (χ3v) is 3.05. The van der Waals surface area contributed by atoms with Crippen molar-refractivity contribution in [3.63, 3.8) is 0 Å². The van der Waals surface area contributed by atoms with Crippen LogP contribution in [0.4, 0.5) is 0 Å². The fourth-order valence-electron chi connectivity index (χ4n) is 2.04. The lowest BCUT2D eigenvalue weighted by atomic mass is 10.1. The number of hydrogen-bond donors (Lipinski definition) is 1. The van der Waals surface area contributed by atoms with Crippen molar-refractivity contribution in [1.82, 2.24) is 20.4 Å². The zero-order valence-electron chi connectivity index (χ0n) is 10.3. The van der Waals surface area contributed by atoms with Crippen LogP contribution in [0.25, 0.3) is 0 Å². The van der Waals surface area contributed by atoms with Crippen LogP contribution in [0.5, 0.6) is 0 Å². The number of carbonyl (C=O) groups is 1. The van der Waals surface area contributed by atoms with Gasteiger partial charge in [-0.15, -0.1) is 0 Å². The lowest BCUT2D eigenvalue weighted by molar-refractivity contribution is -0.129. The molecule has 2 heterocycles. The SMILES string of the molecule is CC(=O)N1CCC(NCc2nc(C)no2)CC1. The van der Waals surface area contributed by atoms with E-state index >= 15 is 0 Å². The number of aromatic nitrogens is 2. The Balaban J connectivity index is 1.73. The van der Waals surface area contributed by atoms with E-state index in [-0.39, 0.29) is 5.91 Å². The van der Waals surface area contributed by atoms with Crippen molar-refractivity contribution in [3.05, 3.63) is 11.7 Å². The molecule has 0 atom stereocenters. The van der Waals surface area contributed by atoms with Gasteiger partial charge in [-0.2, -0.15) is 4.98 Å². The zero-order valence-corrected chi connectivity index (χ0v) is 10.3. The van der Waals surface area contributed by atoms with Crippen molar-refractivity contribution in [1.29, 1.82) is 0 Å². The first kappa shape index (κ1) is 12.0. The van der Waals surface area contributed by atoms with Crippen LogP contribution in [0.1, 0.15) is 31.5 Å². The summed E-state index contributed by atoms with van der Waals surface area (Å²) in [7, 11) is 0. The standard InChI is InChI=1S/C11H18N4O2/c1-8-13-11(17-14-8)7-12-10-3-5-15(6-4-10)9(2)16/h10,12H,3-7H2,1-2H3. The van der Waals surface area contributed by atoms with Crippen LogP contribution in [0.2, 0.25) is 0 Å². The average Bonchev–Trinajstić information content (AvgIpc) is 2.73. The summed E-state index contributed by atoms with van der Waals surface area (Å²) < 4.78 is 5.03. The van der Waals surface area contributed by atoms with Gasteiger partial charge in [0.1, 0.15) is 0 Å². The summed E-state index contributed by atoms with van der Waals surface area (Å²) in [5.74, 6) is 1.45. The first-order chi connectivity index (χ1) is 8.15. The van der Waals surface area contributed by atoms with E-state index in [9.17, 15) is 4.79 Å². The molecule has 0 radical (unpaired) electrons. The molecular formula is C11H18N4O2. The molecule has 0 bridgehead atoms. The smallest absolute Gasteiger partial charge is 0.240 e. The van der Waals surface area contributed by atoms with E-state index in [0.29, 0.717) is 24.3 Å². The van der Waals surface area contributed by atoms with E-state index in [0.717, 1.165) is 25.9 Å². The van der Waals surface area contributed by atoms with Gasteiger partial charge in [-0.05, 0) is 19.8 Å². The van der Waals surface area contributed by atoms with Gasteiger partial charge >= 0.3 is 0 Å². The summed E-state index contributed by atoms with van der Waals surface area (Å²) in [5.41, 5.74) is 0. The summed E-state index contributed by atoms with van der Waals surface area (Å²) in [6, 6.07) is 0.429. The van der Waals surface area contributed by atoms with Gasteiger partial charge in [0.2, 0.25) is 11.8 Å². The van der Waals surface area contributed by atoms with Crippen molar-refractivity contribution in [2.24, 2.45) is 0 Å². The molecule has 1 aliphatic heterocycles. The average molecular weight is 238 g/mol.